The highest BCUT2D eigenvalue weighted by Crippen LogP contribution is 2.19. The fourth-order valence-corrected chi connectivity index (χ4v) is 3.68. The lowest BCUT2D eigenvalue weighted by atomic mass is 10.2. The lowest BCUT2D eigenvalue weighted by Crippen LogP contribution is -2.31. The summed E-state index contributed by atoms with van der Waals surface area (Å²) >= 11 is 3.29. The summed E-state index contributed by atoms with van der Waals surface area (Å²) in [6.45, 7) is 2.54. The van der Waals surface area contributed by atoms with E-state index in [1.165, 1.54) is 4.31 Å². The number of benzene rings is 2. The first-order valence-electron chi connectivity index (χ1n) is 6.81. The lowest BCUT2D eigenvalue weighted by Gasteiger charge is -2.18. The first-order valence-corrected chi connectivity index (χ1v) is 9.05. The van der Waals surface area contributed by atoms with Gasteiger partial charge in [0.2, 0.25) is 10.0 Å². The van der Waals surface area contributed by atoms with Crippen LogP contribution in [0.3, 0.4) is 0 Å². The van der Waals surface area contributed by atoms with Crippen LogP contribution in [0.2, 0.25) is 0 Å². The Morgan fingerprint density at radius 1 is 1.14 bits per heavy atom. The van der Waals surface area contributed by atoms with Gasteiger partial charge in [-0.05, 0) is 36.8 Å². The third-order valence-electron chi connectivity index (χ3n) is 3.26. The molecule has 0 aliphatic rings. The van der Waals surface area contributed by atoms with Gasteiger partial charge in [0.15, 0.2) is 0 Å². The summed E-state index contributed by atoms with van der Waals surface area (Å²) < 4.78 is 32.6. The number of halogens is 1. The normalized spacial score (nSPS) is 11.6. The first-order chi connectivity index (χ1) is 10.4. The van der Waals surface area contributed by atoms with E-state index in [1.807, 2.05) is 31.2 Å². The zero-order valence-electron chi connectivity index (χ0n) is 12.5. The van der Waals surface area contributed by atoms with Gasteiger partial charge in [0, 0.05) is 18.1 Å². The SMILES string of the molecule is Cc1ccccc1OCCN(C)S(=O)(=O)c1cccc(Br)c1. The van der Waals surface area contributed by atoms with Crippen molar-refractivity contribution in [2.75, 3.05) is 20.2 Å². The molecule has 0 amide bonds. The molecular formula is C16H18BrNO3S. The molecule has 0 saturated carbocycles. The second-order valence-electron chi connectivity index (χ2n) is 4.90. The predicted molar refractivity (Wildman–Crippen MR) is 90.6 cm³/mol. The molecule has 0 aliphatic carbocycles. The Balaban J connectivity index is 2.00. The number of likely N-dealkylation sites (N-methyl/N-ethyl adjacent to an activating group) is 1. The van der Waals surface area contributed by atoms with Crippen LogP contribution in [0.25, 0.3) is 0 Å². The fourth-order valence-electron chi connectivity index (χ4n) is 1.93. The molecule has 0 spiro atoms. The van der Waals surface area contributed by atoms with Crippen LogP contribution < -0.4 is 4.74 Å². The van der Waals surface area contributed by atoms with E-state index in [0.29, 0.717) is 6.61 Å². The van der Waals surface area contributed by atoms with Crippen LogP contribution in [0, 0.1) is 6.92 Å². The maximum atomic E-state index is 12.4. The number of para-hydroxylation sites is 1. The third kappa shape index (κ3) is 4.09. The quantitative estimate of drug-likeness (QED) is 0.767. The summed E-state index contributed by atoms with van der Waals surface area (Å²) in [5.41, 5.74) is 1.03. The summed E-state index contributed by atoms with van der Waals surface area (Å²) in [7, 11) is -1.95. The Kier molecular flexibility index (Phi) is 5.61. The van der Waals surface area contributed by atoms with Gasteiger partial charge in [0.05, 0.1) is 4.90 Å². The Morgan fingerprint density at radius 3 is 2.55 bits per heavy atom. The van der Waals surface area contributed by atoms with Crippen molar-refractivity contribution in [3.8, 4) is 5.75 Å². The van der Waals surface area contributed by atoms with Gasteiger partial charge >= 0.3 is 0 Å². The molecule has 0 unspecified atom stereocenters. The van der Waals surface area contributed by atoms with Crippen molar-refractivity contribution in [2.24, 2.45) is 0 Å². The predicted octanol–water partition coefficient (Wildman–Crippen LogP) is 3.46. The van der Waals surface area contributed by atoms with Crippen LogP contribution in [0.4, 0.5) is 0 Å². The maximum Gasteiger partial charge on any atom is 0.242 e. The molecule has 4 nitrogen and oxygen atoms in total. The van der Waals surface area contributed by atoms with Gasteiger partial charge in [0.1, 0.15) is 12.4 Å². The smallest absolute Gasteiger partial charge is 0.242 e. The number of hydrogen-bond donors (Lipinski definition) is 0. The highest BCUT2D eigenvalue weighted by Gasteiger charge is 2.20. The Bertz CT molecular complexity index is 747. The summed E-state index contributed by atoms with van der Waals surface area (Å²) in [6, 6.07) is 14.3. The average molecular weight is 384 g/mol. The van der Waals surface area contributed by atoms with Gasteiger partial charge in [-0.15, -0.1) is 0 Å². The molecule has 0 fully saturated rings. The van der Waals surface area contributed by atoms with Crippen molar-refractivity contribution in [2.45, 2.75) is 11.8 Å². The average Bonchev–Trinajstić information content (AvgIpc) is 2.49. The Hall–Kier alpha value is -1.37. The van der Waals surface area contributed by atoms with E-state index >= 15 is 0 Å². The Labute approximate surface area is 139 Å². The van der Waals surface area contributed by atoms with Gasteiger partial charge in [-0.25, -0.2) is 8.42 Å². The number of rotatable bonds is 6. The standard InChI is InChI=1S/C16H18BrNO3S/c1-13-6-3-4-9-16(13)21-11-10-18(2)22(19,20)15-8-5-7-14(17)12-15/h3-9,12H,10-11H2,1-2H3. The monoisotopic (exact) mass is 383 g/mol. The lowest BCUT2D eigenvalue weighted by molar-refractivity contribution is 0.285. The molecule has 0 saturated heterocycles. The van der Waals surface area contributed by atoms with Gasteiger partial charge in [-0.3, -0.25) is 0 Å². The Morgan fingerprint density at radius 2 is 1.86 bits per heavy atom. The van der Waals surface area contributed by atoms with Crippen molar-refractivity contribution in [1.82, 2.24) is 4.31 Å². The minimum Gasteiger partial charge on any atom is -0.492 e. The van der Waals surface area contributed by atoms with Crippen LogP contribution in [0.5, 0.6) is 5.75 Å². The van der Waals surface area contributed by atoms with Crippen molar-refractivity contribution < 1.29 is 13.2 Å². The molecule has 0 heterocycles. The van der Waals surface area contributed by atoms with Crippen LogP contribution in [0.15, 0.2) is 57.9 Å². The number of nitrogens with zero attached hydrogens (tertiary/aromatic N) is 1. The van der Waals surface area contributed by atoms with E-state index in [1.54, 1.807) is 31.3 Å². The van der Waals surface area contributed by atoms with Gasteiger partial charge in [-0.1, -0.05) is 40.2 Å². The largest absolute Gasteiger partial charge is 0.492 e. The van der Waals surface area contributed by atoms with Crippen molar-refractivity contribution in [3.05, 3.63) is 58.6 Å². The summed E-state index contributed by atoms with van der Waals surface area (Å²) in [4.78, 5) is 0.264. The number of aryl methyl sites for hydroxylation is 1. The molecule has 6 heteroatoms. The van der Waals surface area contributed by atoms with Crippen LogP contribution >= 0.6 is 15.9 Å². The maximum absolute atomic E-state index is 12.4. The van der Waals surface area contributed by atoms with Gasteiger partial charge in [-0.2, -0.15) is 4.31 Å². The minimum absolute atomic E-state index is 0.264. The van der Waals surface area contributed by atoms with E-state index in [0.717, 1.165) is 15.8 Å². The molecule has 0 bridgehead atoms. The highest BCUT2D eigenvalue weighted by atomic mass is 79.9. The summed E-state index contributed by atoms with van der Waals surface area (Å²) in [6.07, 6.45) is 0. The van der Waals surface area contributed by atoms with E-state index in [2.05, 4.69) is 15.9 Å². The molecule has 0 atom stereocenters. The first kappa shape index (κ1) is 17.0. The number of hydrogen-bond acceptors (Lipinski definition) is 3. The van der Waals surface area contributed by atoms with Crippen LogP contribution in [0.1, 0.15) is 5.56 Å². The summed E-state index contributed by atoms with van der Waals surface area (Å²) in [5, 5.41) is 0. The second-order valence-corrected chi connectivity index (χ2v) is 7.86. The molecule has 0 radical (unpaired) electrons. The molecule has 118 valence electrons. The molecular weight excluding hydrogens is 366 g/mol. The van der Waals surface area contributed by atoms with Crippen LogP contribution in [-0.2, 0) is 10.0 Å². The highest BCUT2D eigenvalue weighted by molar-refractivity contribution is 9.10. The molecule has 2 aromatic carbocycles. The fraction of sp³-hybridized carbons (Fsp3) is 0.250. The third-order valence-corrected chi connectivity index (χ3v) is 5.61. The molecule has 2 aromatic rings. The second kappa shape index (κ2) is 7.26. The summed E-state index contributed by atoms with van der Waals surface area (Å²) in [5.74, 6) is 0.774. The van der Waals surface area contributed by atoms with Crippen LogP contribution in [-0.4, -0.2) is 32.9 Å². The molecule has 0 aliphatic heterocycles. The van der Waals surface area contributed by atoms with E-state index < -0.39 is 10.0 Å². The molecule has 0 N–H and O–H groups in total. The van der Waals surface area contributed by atoms with Crippen molar-refractivity contribution >= 4 is 26.0 Å². The van der Waals surface area contributed by atoms with E-state index in [4.69, 9.17) is 4.74 Å². The van der Waals surface area contributed by atoms with Gasteiger partial charge in [0.25, 0.3) is 0 Å². The van der Waals surface area contributed by atoms with Crippen molar-refractivity contribution in [3.63, 3.8) is 0 Å². The van der Waals surface area contributed by atoms with E-state index in [-0.39, 0.29) is 11.4 Å². The molecule has 22 heavy (non-hydrogen) atoms. The zero-order valence-corrected chi connectivity index (χ0v) is 14.9. The number of ether oxygens (including phenoxy) is 1. The minimum atomic E-state index is -3.50. The topological polar surface area (TPSA) is 46.6 Å². The van der Waals surface area contributed by atoms with Gasteiger partial charge < -0.3 is 4.74 Å². The molecule has 2 rings (SSSR count). The van der Waals surface area contributed by atoms with E-state index in [9.17, 15) is 8.42 Å². The zero-order chi connectivity index (χ0) is 16.2. The number of sulfonamides is 1. The molecule has 0 aromatic heterocycles. The van der Waals surface area contributed by atoms with Crippen molar-refractivity contribution in [1.29, 1.82) is 0 Å².